The number of hydrogen-bond acceptors (Lipinski definition) is 6. The molecule has 1 aromatic rings. The quantitative estimate of drug-likeness (QED) is 0.696. The second-order valence-corrected chi connectivity index (χ2v) is 6.90. The molecule has 1 aromatic heterocycles. The number of anilines is 1. The van der Waals surface area contributed by atoms with Gasteiger partial charge in [0.1, 0.15) is 0 Å². The van der Waals surface area contributed by atoms with Crippen LogP contribution in [-0.2, 0) is 4.74 Å². The largest absolute Gasteiger partial charge is 0.449 e. The fraction of sp³-hybridized carbons (Fsp3) is 0.824. The zero-order chi connectivity index (χ0) is 16.8. The Morgan fingerprint density at radius 2 is 2.12 bits per heavy atom. The van der Waals surface area contributed by atoms with E-state index in [-0.39, 0.29) is 5.95 Å². The molecular formula is C17H28N4O3. The average molecular weight is 336 g/mol. The minimum absolute atomic E-state index is 0.204. The van der Waals surface area contributed by atoms with E-state index in [9.17, 15) is 4.79 Å². The number of unbranched alkanes of at least 4 members (excludes halogenated alkanes) is 5. The summed E-state index contributed by atoms with van der Waals surface area (Å²) >= 11 is 0. The molecule has 7 nitrogen and oxygen atoms in total. The smallest absolute Gasteiger partial charge is 0.414 e. The van der Waals surface area contributed by atoms with Crippen LogP contribution < -0.4 is 5.32 Å². The van der Waals surface area contributed by atoms with Crippen molar-refractivity contribution in [1.29, 1.82) is 0 Å². The Hall–Kier alpha value is -1.63. The van der Waals surface area contributed by atoms with Gasteiger partial charge in [-0.15, -0.1) is 0 Å². The lowest BCUT2D eigenvalue weighted by Gasteiger charge is -2.17. The van der Waals surface area contributed by atoms with E-state index < -0.39 is 6.09 Å². The molecule has 2 fully saturated rings. The zero-order valence-electron chi connectivity index (χ0n) is 14.5. The third-order valence-corrected chi connectivity index (χ3v) is 5.04. The van der Waals surface area contributed by atoms with Crippen LogP contribution in [0.4, 0.5) is 10.7 Å². The highest BCUT2D eigenvalue weighted by atomic mass is 16.5. The van der Waals surface area contributed by atoms with Crippen molar-refractivity contribution >= 4 is 12.0 Å². The molecule has 3 heterocycles. The van der Waals surface area contributed by atoms with Gasteiger partial charge in [-0.25, -0.2) is 4.79 Å². The topological polar surface area (TPSA) is 80.5 Å². The third kappa shape index (κ3) is 4.47. The Labute approximate surface area is 143 Å². The summed E-state index contributed by atoms with van der Waals surface area (Å²) in [5.74, 6) is 1.75. The summed E-state index contributed by atoms with van der Waals surface area (Å²) < 4.78 is 10.5. The van der Waals surface area contributed by atoms with Gasteiger partial charge >= 0.3 is 6.09 Å². The van der Waals surface area contributed by atoms with E-state index in [0.717, 1.165) is 25.9 Å². The molecule has 3 unspecified atom stereocenters. The van der Waals surface area contributed by atoms with Crippen molar-refractivity contribution in [2.45, 2.75) is 57.8 Å². The molecule has 1 amide bonds. The summed E-state index contributed by atoms with van der Waals surface area (Å²) in [7, 11) is 0. The third-order valence-electron chi connectivity index (χ3n) is 5.04. The van der Waals surface area contributed by atoms with Gasteiger partial charge in [0.05, 0.1) is 12.5 Å². The summed E-state index contributed by atoms with van der Waals surface area (Å²) in [6.45, 7) is 5.91. The van der Waals surface area contributed by atoms with E-state index in [0.29, 0.717) is 24.3 Å². The van der Waals surface area contributed by atoms with E-state index >= 15 is 0 Å². The van der Waals surface area contributed by atoms with Crippen LogP contribution >= 0.6 is 0 Å². The number of piperidine rings is 1. The predicted octanol–water partition coefficient (Wildman–Crippen LogP) is 3.40. The molecule has 2 aliphatic rings. The Kier molecular flexibility index (Phi) is 6.07. The molecule has 2 bridgehead atoms. The summed E-state index contributed by atoms with van der Waals surface area (Å²) in [6.07, 6.45) is 7.66. The van der Waals surface area contributed by atoms with Crippen LogP contribution in [0.5, 0.6) is 0 Å². The number of rotatable bonds is 9. The minimum Gasteiger partial charge on any atom is -0.449 e. The van der Waals surface area contributed by atoms with Gasteiger partial charge in [0.15, 0.2) is 0 Å². The Morgan fingerprint density at radius 3 is 2.88 bits per heavy atom. The lowest BCUT2D eigenvalue weighted by Crippen LogP contribution is -2.22. The first-order valence-corrected chi connectivity index (χ1v) is 9.26. The molecule has 1 N–H and O–H groups in total. The SMILES string of the molecule is CCCCCCCCOC(=O)Nc1noc(C2CN3CCC2C3)n1. The molecule has 0 radical (unpaired) electrons. The number of fused-ring (bicyclic) bond motifs is 2. The number of carbonyl (C=O) groups excluding carboxylic acids is 1. The van der Waals surface area contributed by atoms with E-state index in [4.69, 9.17) is 9.26 Å². The van der Waals surface area contributed by atoms with Gasteiger partial charge in [-0.05, 0) is 30.5 Å². The van der Waals surface area contributed by atoms with Gasteiger partial charge in [0, 0.05) is 13.1 Å². The first-order valence-electron chi connectivity index (χ1n) is 9.26. The van der Waals surface area contributed by atoms with Gasteiger partial charge < -0.3 is 14.2 Å². The van der Waals surface area contributed by atoms with Gasteiger partial charge in [-0.3, -0.25) is 5.32 Å². The molecule has 0 saturated carbocycles. The number of carbonyl (C=O) groups is 1. The standard InChI is InChI=1S/C17H28N4O3/c1-2-3-4-5-6-7-10-23-17(22)19-16-18-15(24-20-16)14-12-21-9-8-13(14)11-21/h13-14H,2-12H2,1H3,(H,19,20,22). The second kappa shape index (κ2) is 8.46. The van der Waals surface area contributed by atoms with Crippen LogP contribution in [0.3, 0.4) is 0 Å². The van der Waals surface area contributed by atoms with Crippen molar-refractivity contribution in [3.05, 3.63) is 5.89 Å². The van der Waals surface area contributed by atoms with E-state index in [1.165, 1.54) is 38.6 Å². The van der Waals surface area contributed by atoms with Crippen LogP contribution in [0.15, 0.2) is 4.52 Å². The number of nitrogens with one attached hydrogen (secondary N) is 1. The molecule has 2 saturated heterocycles. The van der Waals surface area contributed by atoms with Crippen molar-refractivity contribution < 1.29 is 14.1 Å². The van der Waals surface area contributed by atoms with Crippen molar-refractivity contribution in [3.63, 3.8) is 0 Å². The highest BCUT2D eigenvalue weighted by molar-refractivity contribution is 5.81. The molecule has 0 spiro atoms. The maximum absolute atomic E-state index is 11.7. The molecule has 3 atom stereocenters. The van der Waals surface area contributed by atoms with E-state index in [1.54, 1.807) is 0 Å². The van der Waals surface area contributed by atoms with Crippen molar-refractivity contribution in [2.75, 3.05) is 31.6 Å². The number of ether oxygens (including phenoxy) is 1. The number of aromatic nitrogens is 2. The molecular weight excluding hydrogens is 308 g/mol. The Morgan fingerprint density at radius 1 is 1.29 bits per heavy atom. The first kappa shape index (κ1) is 17.2. The highest BCUT2D eigenvalue weighted by Crippen LogP contribution is 2.39. The maximum Gasteiger partial charge on any atom is 0.414 e. The van der Waals surface area contributed by atoms with Crippen LogP contribution in [0.1, 0.15) is 63.7 Å². The van der Waals surface area contributed by atoms with Gasteiger partial charge in [-0.1, -0.05) is 39.0 Å². The molecule has 3 rings (SSSR count). The van der Waals surface area contributed by atoms with Crippen molar-refractivity contribution in [2.24, 2.45) is 5.92 Å². The predicted molar refractivity (Wildman–Crippen MR) is 89.9 cm³/mol. The average Bonchev–Trinajstić information content (AvgIpc) is 3.30. The van der Waals surface area contributed by atoms with E-state index in [1.807, 2.05) is 0 Å². The molecule has 0 aromatic carbocycles. The van der Waals surface area contributed by atoms with E-state index in [2.05, 4.69) is 27.3 Å². The van der Waals surface area contributed by atoms with Gasteiger partial charge in [0.2, 0.25) is 5.89 Å². The molecule has 7 heteroatoms. The first-order chi connectivity index (χ1) is 11.8. The normalized spacial score (nSPS) is 25.1. The molecule has 134 valence electrons. The van der Waals surface area contributed by atoms with Crippen LogP contribution in [0.2, 0.25) is 0 Å². The van der Waals surface area contributed by atoms with Crippen LogP contribution in [0, 0.1) is 5.92 Å². The van der Waals surface area contributed by atoms with Crippen molar-refractivity contribution in [1.82, 2.24) is 15.0 Å². The summed E-state index contributed by atoms with van der Waals surface area (Å²) in [4.78, 5) is 18.5. The lowest BCUT2D eigenvalue weighted by atomic mass is 9.93. The summed E-state index contributed by atoms with van der Waals surface area (Å²) in [5, 5.41) is 6.40. The van der Waals surface area contributed by atoms with Crippen LogP contribution in [0.25, 0.3) is 0 Å². The fourth-order valence-corrected chi connectivity index (χ4v) is 3.68. The fourth-order valence-electron chi connectivity index (χ4n) is 3.68. The molecule has 2 aliphatic heterocycles. The Balaban J connectivity index is 1.33. The summed E-state index contributed by atoms with van der Waals surface area (Å²) in [5.41, 5.74) is 0. The Bertz CT molecular complexity index is 534. The lowest BCUT2D eigenvalue weighted by molar-refractivity contribution is 0.158. The monoisotopic (exact) mass is 336 g/mol. The van der Waals surface area contributed by atoms with Gasteiger partial charge in [-0.2, -0.15) is 4.98 Å². The van der Waals surface area contributed by atoms with Gasteiger partial charge in [0.25, 0.3) is 5.95 Å². The number of amides is 1. The second-order valence-electron chi connectivity index (χ2n) is 6.90. The minimum atomic E-state index is -0.507. The number of hydrogen-bond donors (Lipinski definition) is 1. The van der Waals surface area contributed by atoms with Crippen LogP contribution in [-0.4, -0.2) is 47.4 Å². The maximum atomic E-state index is 11.7. The molecule has 0 aliphatic carbocycles. The van der Waals surface area contributed by atoms with Crippen molar-refractivity contribution in [3.8, 4) is 0 Å². The zero-order valence-corrected chi connectivity index (χ0v) is 14.5. The molecule has 24 heavy (non-hydrogen) atoms. The number of nitrogens with zero attached hydrogens (tertiary/aromatic N) is 3. The summed E-state index contributed by atoms with van der Waals surface area (Å²) in [6, 6.07) is 0. The highest BCUT2D eigenvalue weighted by Gasteiger charge is 2.41.